The minimum Gasteiger partial charge on any atom is -0.307 e. The molecule has 0 aliphatic carbocycles. The third kappa shape index (κ3) is 2.82. The first-order chi connectivity index (χ1) is 6.15. The number of hydrogen-bond acceptors (Lipinski definition) is 2. The van der Waals surface area contributed by atoms with Crippen LogP contribution in [0.5, 0.6) is 0 Å². The molecule has 0 unspecified atom stereocenters. The molecule has 1 rings (SSSR count). The zero-order valence-corrected chi connectivity index (χ0v) is 8.26. The van der Waals surface area contributed by atoms with Crippen LogP contribution in [0.15, 0.2) is 12.1 Å². The molecule has 0 heterocycles. The second-order valence-electron chi connectivity index (χ2n) is 2.93. The van der Waals surface area contributed by atoms with Gasteiger partial charge in [0.1, 0.15) is 6.79 Å². The van der Waals surface area contributed by atoms with Gasteiger partial charge in [-0.2, -0.15) is 0 Å². The molecule has 0 aromatic heterocycles. The SMILES string of the molecule is C=O.Cc1cc(C)c(C=O)c(C)c1. The lowest BCUT2D eigenvalue weighted by molar-refractivity contribution is -0.0979. The Labute approximate surface area is 78.6 Å². The minimum absolute atomic E-state index is 0.829. The molecule has 0 N–H and O–H groups in total. The highest BCUT2D eigenvalue weighted by Gasteiger charge is 2.00. The largest absolute Gasteiger partial charge is 0.307 e. The van der Waals surface area contributed by atoms with Gasteiger partial charge in [0.05, 0.1) is 0 Å². The summed E-state index contributed by atoms with van der Waals surface area (Å²) in [6, 6.07) is 4.05. The van der Waals surface area contributed by atoms with Crippen LogP contribution in [-0.4, -0.2) is 13.1 Å². The summed E-state index contributed by atoms with van der Waals surface area (Å²) >= 11 is 0. The van der Waals surface area contributed by atoms with Crippen LogP contribution in [0.2, 0.25) is 0 Å². The van der Waals surface area contributed by atoms with E-state index in [0.717, 1.165) is 23.0 Å². The number of rotatable bonds is 1. The summed E-state index contributed by atoms with van der Waals surface area (Å²) in [7, 11) is 0. The molecule has 2 nitrogen and oxygen atoms in total. The van der Waals surface area contributed by atoms with Gasteiger partial charge in [0.25, 0.3) is 0 Å². The molecule has 0 atom stereocenters. The molecule has 2 heteroatoms. The van der Waals surface area contributed by atoms with Gasteiger partial charge in [0.15, 0.2) is 6.29 Å². The first-order valence-corrected chi connectivity index (χ1v) is 3.97. The Morgan fingerprint density at radius 2 is 1.46 bits per heavy atom. The van der Waals surface area contributed by atoms with Crippen LogP contribution in [0.3, 0.4) is 0 Å². The quantitative estimate of drug-likeness (QED) is 0.618. The van der Waals surface area contributed by atoms with Gasteiger partial charge >= 0.3 is 0 Å². The summed E-state index contributed by atoms with van der Waals surface area (Å²) in [5.74, 6) is 0. The van der Waals surface area contributed by atoms with E-state index in [1.807, 2.05) is 39.7 Å². The average Bonchev–Trinajstić information content (AvgIpc) is 2.07. The lowest BCUT2D eigenvalue weighted by Crippen LogP contribution is -1.91. The summed E-state index contributed by atoms with van der Waals surface area (Å²) in [6.45, 7) is 7.96. The van der Waals surface area contributed by atoms with Gasteiger partial charge in [0, 0.05) is 5.56 Å². The number of hydrogen-bond donors (Lipinski definition) is 0. The van der Waals surface area contributed by atoms with Gasteiger partial charge in [-0.1, -0.05) is 17.7 Å². The predicted molar refractivity (Wildman–Crippen MR) is 53.2 cm³/mol. The summed E-state index contributed by atoms with van der Waals surface area (Å²) in [5.41, 5.74) is 4.18. The minimum atomic E-state index is 0.829. The predicted octanol–water partition coefficient (Wildman–Crippen LogP) is 2.24. The van der Waals surface area contributed by atoms with E-state index in [9.17, 15) is 4.79 Å². The molecular weight excluding hydrogens is 164 g/mol. The van der Waals surface area contributed by atoms with Gasteiger partial charge < -0.3 is 4.79 Å². The van der Waals surface area contributed by atoms with Crippen LogP contribution in [0.1, 0.15) is 27.0 Å². The van der Waals surface area contributed by atoms with Gasteiger partial charge in [-0.15, -0.1) is 0 Å². The summed E-state index contributed by atoms with van der Waals surface area (Å²) < 4.78 is 0. The van der Waals surface area contributed by atoms with Crippen molar-refractivity contribution in [3.8, 4) is 0 Å². The first-order valence-electron chi connectivity index (χ1n) is 3.97. The Balaban J connectivity index is 0.000000671. The van der Waals surface area contributed by atoms with Crippen LogP contribution >= 0.6 is 0 Å². The number of aryl methyl sites for hydroxylation is 3. The number of aldehydes is 1. The van der Waals surface area contributed by atoms with Gasteiger partial charge in [-0.25, -0.2) is 0 Å². The van der Waals surface area contributed by atoms with E-state index < -0.39 is 0 Å². The second kappa shape index (κ2) is 5.25. The van der Waals surface area contributed by atoms with Crippen molar-refractivity contribution >= 4 is 13.1 Å². The van der Waals surface area contributed by atoms with Crippen LogP contribution in [0, 0.1) is 20.8 Å². The third-order valence-corrected chi connectivity index (χ3v) is 1.86. The van der Waals surface area contributed by atoms with Crippen molar-refractivity contribution in [3.63, 3.8) is 0 Å². The second-order valence-corrected chi connectivity index (χ2v) is 2.93. The molecule has 0 aliphatic heterocycles. The zero-order chi connectivity index (χ0) is 10.4. The first kappa shape index (κ1) is 11.6. The van der Waals surface area contributed by atoms with Crippen molar-refractivity contribution in [1.82, 2.24) is 0 Å². The molecular formula is C11H14O2. The van der Waals surface area contributed by atoms with Gasteiger partial charge in [0.2, 0.25) is 0 Å². The van der Waals surface area contributed by atoms with Gasteiger partial charge in [-0.3, -0.25) is 4.79 Å². The van der Waals surface area contributed by atoms with Gasteiger partial charge in [-0.05, 0) is 31.9 Å². The van der Waals surface area contributed by atoms with Crippen molar-refractivity contribution in [3.05, 3.63) is 34.4 Å². The lowest BCUT2D eigenvalue weighted by Gasteiger charge is -2.03. The van der Waals surface area contributed by atoms with Crippen LogP contribution in [0.4, 0.5) is 0 Å². The Morgan fingerprint density at radius 1 is 1.08 bits per heavy atom. The normalized spacial score (nSPS) is 8.54. The summed E-state index contributed by atoms with van der Waals surface area (Å²) in [5, 5.41) is 0. The molecule has 0 aliphatic rings. The number of benzene rings is 1. The summed E-state index contributed by atoms with van der Waals surface area (Å²) in [4.78, 5) is 18.6. The molecule has 1 aromatic carbocycles. The molecule has 0 saturated heterocycles. The highest BCUT2D eigenvalue weighted by Crippen LogP contribution is 2.13. The highest BCUT2D eigenvalue weighted by molar-refractivity contribution is 5.79. The molecule has 0 fully saturated rings. The standard InChI is InChI=1S/C10H12O.CH2O/c1-7-4-8(2)10(6-11)9(3)5-7;1-2/h4-6H,1-3H3;1H2. The zero-order valence-electron chi connectivity index (χ0n) is 8.26. The average molecular weight is 178 g/mol. The number of carbonyl (C=O) groups is 2. The van der Waals surface area contributed by atoms with E-state index in [-0.39, 0.29) is 0 Å². The molecule has 0 bridgehead atoms. The van der Waals surface area contributed by atoms with E-state index in [2.05, 4.69) is 0 Å². The maximum Gasteiger partial charge on any atom is 0.150 e. The lowest BCUT2D eigenvalue weighted by atomic mass is 10.0. The van der Waals surface area contributed by atoms with Crippen molar-refractivity contribution in [2.45, 2.75) is 20.8 Å². The smallest absolute Gasteiger partial charge is 0.150 e. The molecule has 13 heavy (non-hydrogen) atoms. The fourth-order valence-corrected chi connectivity index (χ4v) is 1.38. The molecule has 70 valence electrons. The molecule has 0 spiro atoms. The highest BCUT2D eigenvalue weighted by atomic mass is 16.1. The van der Waals surface area contributed by atoms with Crippen LogP contribution in [-0.2, 0) is 4.79 Å². The van der Waals surface area contributed by atoms with E-state index >= 15 is 0 Å². The monoisotopic (exact) mass is 178 g/mol. The third-order valence-electron chi connectivity index (χ3n) is 1.86. The fraction of sp³-hybridized carbons (Fsp3) is 0.273. The molecule has 0 radical (unpaired) electrons. The Hall–Kier alpha value is -1.44. The summed E-state index contributed by atoms with van der Waals surface area (Å²) in [6.07, 6.45) is 0.921. The van der Waals surface area contributed by atoms with Crippen molar-refractivity contribution in [1.29, 1.82) is 0 Å². The van der Waals surface area contributed by atoms with Crippen molar-refractivity contribution in [2.24, 2.45) is 0 Å². The fourth-order valence-electron chi connectivity index (χ4n) is 1.38. The van der Waals surface area contributed by atoms with E-state index in [4.69, 9.17) is 4.79 Å². The Bertz CT molecular complexity index is 280. The molecule has 1 aromatic rings. The van der Waals surface area contributed by atoms with E-state index in [1.54, 1.807) is 0 Å². The van der Waals surface area contributed by atoms with E-state index in [1.165, 1.54) is 5.56 Å². The van der Waals surface area contributed by atoms with Crippen molar-refractivity contribution in [2.75, 3.05) is 0 Å². The Kier molecular flexibility index (Phi) is 4.67. The van der Waals surface area contributed by atoms with Crippen LogP contribution < -0.4 is 0 Å². The topological polar surface area (TPSA) is 34.1 Å². The molecule has 0 amide bonds. The maximum atomic E-state index is 10.6. The van der Waals surface area contributed by atoms with Crippen LogP contribution in [0.25, 0.3) is 0 Å². The number of carbonyl (C=O) groups excluding carboxylic acids is 2. The van der Waals surface area contributed by atoms with Crippen molar-refractivity contribution < 1.29 is 9.59 Å². The maximum absolute atomic E-state index is 10.6. The molecule has 0 saturated carbocycles. The Morgan fingerprint density at radius 3 is 1.77 bits per heavy atom. The van der Waals surface area contributed by atoms with E-state index in [0.29, 0.717) is 0 Å².